The van der Waals surface area contributed by atoms with E-state index >= 15 is 0 Å². The third kappa shape index (κ3) is 7.55. The number of pyridine rings is 1. The SMILES string of the molecule is Cc1cc(C2CCN(CC(F)(F)F)CC2)ccc1OCc1cc(C(C)C)sc1-c1cccc(-n2ncc(C(=O)O)c2C(F)(F)F)n1. The summed E-state index contributed by atoms with van der Waals surface area (Å²) in [6.45, 7) is 5.98. The monoisotopic (exact) mass is 666 g/mol. The van der Waals surface area contributed by atoms with Gasteiger partial charge in [-0.2, -0.15) is 31.4 Å². The average Bonchev–Trinajstić information content (AvgIpc) is 3.62. The predicted molar refractivity (Wildman–Crippen MR) is 161 cm³/mol. The maximum atomic E-state index is 13.9. The predicted octanol–water partition coefficient (Wildman–Crippen LogP) is 8.47. The van der Waals surface area contributed by atoms with Gasteiger partial charge in [0.1, 0.15) is 17.9 Å². The topological polar surface area (TPSA) is 80.5 Å². The first-order chi connectivity index (χ1) is 21.6. The maximum Gasteiger partial charge on any atom is 0.434 e. The Morgan fingerprint density at radius 1 is 1.09 bits per heavy atom. The van der Waals surface area contributed by atoms with Crippen molar-refractivity contribution < 1.29 is 41.0 Å². The molecule has 246 valence electrons. The van der Waals surface area contributed by atoms with Gasteiger partial charge in [-0.1, -0.05) is 32.0 Å². The van der Waals surface area contributed by atoms with Crippen molar-refractivity contribution in [2.24, 2.45) is 0 Å². The molecule has 7 nitrogen and oxygen atoms in total. The summed E-state index contributed by atoms with van der Waals surface area (Å²) in [5.74, 6) is -0.976. The van der Waals surface area contributed by atoms with Gasteiger partial charge in [0.25, 0.3) is 0 Å². The minimum Gasteiger partial charge on any atom is -0.489 e. The fourth-order valence-corrected chi connectivity index (χ4v) is 6.74. The highest BCUT2D eigenvalue weighted by atomic mass is 32.1. The van der Waals surface area contributed by atoms with Crippen molar-refractivity contribution in [1.29, 1.82) is 0 Å². The van der Waals surface area contributed by atoms with Crippen LogP contribution in [0.1, 0.15) is 76.1 Å². The van der Waals surface area contributed by atoms with Gasteiger partial charge in [-0.3, -0.25) is 4.90 Å². The Morgan fingerprint density at radius 2 is 1.80 bits per heavy atom. The highest BCUT2D eigenvalue weighted by Gasteiger charge is 2.41. The van der Waals surface area contributed by atoms with E-state index in [0.717, 1.165) is 21.6 Å². The summed E-state index contributed by atoms with van der Waals surface area (Å²) in [7, 11) is 0. The van der Waals surface area contributed by atoms with Crippen LogP contribution >= 0.6 is 11.3 Å². The second-order valence-electron chi connectivity index (χ2n) is 11.6. The summed E-state index contributed by atoms with van der Waals surface area (Å²) in [5, 5.41) is 13.0. The van der Waals surface area contributed by atoms with Crippen LogP contribution in [0.2, 0.25) is 0 Å². The molecule has 1 aliphatic heterocycles. The van der Waals surface area contributed by atoms with Crippen LogP contribution in [0.3, 0.4) is 0 Å². The number of hydrogen-bond donors (Lipinski definition) is 1. The summed E-state index contributed by atoms with van der Waals surface area (Å²) in [5.41, 5.74) is 0.704. The zero-order valence-electron chi connectivity index (χ0n) is 25.2. The summed E-state index contributed by atoms with van der Waals surface area (Å²) in [4.78, 5) is 19.1. The number of piperidine rings is 1. The first-order valence-corrected chi connectivity index (χ1v) is 15.4. The molecule has 1 fully saturated rings. The van der Waals surface area contributed by atoms with Gasteiger partial charge in [-0.05, 0) is 80.1 Å². The van der Waals surface area contributed by atoms with E-state index in [1.54, 1.807) is 6.07 Å². The Morgan fingerprint density at radius 3 is 2.41 bits per heavy atom. The van der Waals surface area contributed by atoms with Gasteiger partial charge >= 0.3 is 18.3 Å². The molecule has 1 aliphatic rings. The molecule has 14 heteroatoms. The molecule has 0 saturated carbocycles. The molecule has 0 bridgehead atoms. The van der Waals surface area contributed by atoms with Crippen LogP contribution in [0, 0.1) is 6.92 Å². The highest BCUT2D eigenvalue weighted by Crippen LogP contribution is 2.38. The van der Waals surface area contributed by atoms with E-state index < -0.39 is 36.1 Å². The van der Waals surface area contributed by atoms with Crippen LogP contribution in [0.5, 0.6) is 5.75 Å². The number of rotatable bonds is 9. The number of carboxylic acid groups (broad SMARTS) is 1. The molecule has 4 aromatic rings. The average molecular weight is 667 g/mol. The molecular formula is C32H32F6N4O3S. The van der Waals surface area contributed by atoms with Crippen LogP contribution in [-0.2, 0) is 12.8 Å². The molecule has 4 heterocycles. The standard InChI is InChI=1S/C32H32F6N4O3S/c1-18(2)26-14-22(16-45-25-8-7-21(13-19(25)3)20-9-11-41(12-10-20)17-31(33,34)35)28(46-26)24-5-4-6-27(40-24)42-29(32(36,37)38)23(15-39-42)30(43)44/h4-8,13-15,18,20H,9-12,16-17H2,1-3H3,(H,43,44). The first kappa shape index (κ1) is 33.5. The molecule has 5 rings (SSSR count). The van der Waals surface area contributed by atoms with Crippen molar-refractivity contribution >= 4 is 17.3 Å². The number of aryl methyl sites for hydroxylation is 1. The number of hydrogen-bond acceptors (Lipinski definition) is 6. The van der Waals surface area contributed by atoms with E-state index in [1.165, 1.54) is 28.4 Å². The highest BCUT2D eigenvalue weighted by molar-refractivity contribution is 7.15. The van der Waals surface area contributed by atoms with Gasteiger partial charge in [0.2, 0.25) is 0 Å². The molecular weight excluding hydrogens is 634 g/mol. The Bertz CT molecular complexity index is 1700. The van der Waals surface area contributed by atoms with E-state index in [2.05, 4.69) is 10.1 Å². The minimum absolute atomic E-state index is 0.152. The molecule has 0 amide bonds. The van der Waals surface area contributed by atoms with Crippen LogP contribution < -0.4 is 4.74 Å². The van der Waals surface area contributed by atoms with Crippen LogP contribution in [0.25, 0.3) is 16.4 Å². The number of alkyl halides is 6. The van der Waals surface area contributed by atoms with Crippen LogP contribution in [0.4, 0.5) is 26.3 Å². The summed E-state index contributed by atoms with van der Waals surface area (Å²) in [6.07, 6.45) is -7.25. The van der Waals surface area contributed by atoms with E-state index in [0.29, 0.717) is 53.1 Å². The Hall–Kier alpha value is -3.91. The third-order valence-corrected chi connectivity index (χ3v) is 9.39. The zero-order chi connectivity index (χ0) is 33.4. The second-order valence-corrected chi connectivity index (χ2v) is 12.7. The Kier molecular flexibility index (Phi) is 9.50. The molecule has 0 atom stereocenters. The van der Waals surface area contributed by atoms with Gasteiger partial charge in [-0.15, -0.1) is 11.3 Å². The smallest absolute Gasteiger partial charge is 0.434 e. The number of benzene rings is 1. The number of carbonyl (C=O) groups is 1. The lowest BCUT2D eigenvalue weighted by atomic mass is 9.88. The van der Waals surface area contributed by atoms with E-state index in [-0.39, 0.29) is 24.3 Å². The van der Waals surface area contributed by atoms with Crippen LogP contribution in [0.15, 0.2) is 48.7 Å². The molecule has 0 radical (unpaired) electrons. The fourth-order valence-electron chi connectivity index (χ4n) is 5.60. The van der Waals surface area contributed by atoms with Crippen molar-refractivity contribution in [3.63, 3.8) is 0 Å². The van der Waals surface area contributed by atoms with Gasteiger partial charge in [0.15, 0.2) is 11.5 Å². The van der Waals surface area contributed by atoms with Crippen molar-refractivity contribution in [3.05, 3.63) is 81.5 Å². The van der Waals surface area contributed by atoms with Crippen molar-refractivity contribution in [2.75, 3.05) is 19.6 Å². The summed E-state index contributed by atoms with van der Waals surface area (Å²) >= 11 is 1.45. The van der Waals surface area contributed by atoms with Crippen molar-refractivity contribution in [1.82, 2.24) is 19.7 Å². The zero-order valence-corrected chi connectivity index (χ0v) is 26.1. The Balaban J connectivity index is 1.36. The molecule has 3 aromatic heterocycles. The molecule has 0 spiro atoms. The van der Waals surface area contributed by atoms with Gasteiger partial charge in [-0.25, -0.2) is 14.5 Å². The van der Waals surface area contributed by atoms with Crippen molar-refractivity contribution in [2.45, 2.75) is 64.4 Å². The number of halogens is 6. The molecule has 1 saturated heterocycles. The van der Waals surface area contributed by atoms with Crippen molar-refractivity contribution in [3.8, 4) is 22.1 Å². The third-order valence-electron chi connectivity index (χ3n) is 7.89. The maximum absolute atomic E-state index is 13.9. The number of aromatic nitrogens is 3. The normalized spacial score (nSPS) is 15.1. The summed E-state index contributed by atoms with van der Waals surface area (Å²) in [6, 6.07) is 12.3. The van der Waals surface area contributed by atoms with Gasteiger partial charge in [0.05, 0.1) is 23.3 Å². The number of likely N-dealkylation sites (tertiary alicyclic amines) is 1. The number of nitrogens with zero attached hydrogens (tertiary/aromatic N) is 4. The fraction of sp³-hybridized carbons (Fsp3) is 0.406. The molecule has 0 aliphatic carbocycles. The molecule has 1 aromatic carbocycles. The van der Waals surface area contributed by atoms with E-state index in [4.69, 9.17) is 4.74 Å². The Labute approximate surface area is 265 Å². The summed E-state index contributed by atoms with van der Waals surface area (Å²) < 4.78 is 86.6. The molecule has 0 unspecified atom stereocenters. The lowest BCUT2D eigenvalue weighted by molar-refractivity contribution is -0.148. The quantitative estimate of drug-likeness (QED) is 0.181. The number of carboxylic acids is 1. The van der Waals surface area contributed by atoms with E-state index in [1.807, 2.05) is 45.0 Å². The van der Waals surface area contributed by atoms with E-state index in [9.17, 15) is 36.2 Å². The van der Waals surface area contributed by atoms with Crippen LogP contribution in [-0.4, -0.2) is 56.6 Å². The minimum atomic E-state index is -4.98. The molecule has 46 heavy (non-hydrogen) atoms. The molecule has 1 N–H and O–H groups in total. The largest absolute Gasteiger partial charge is 0.489 e. The number of aromatic carboxylic acids is 1. The lowest BCUT2D eigenvalue weighted by Gasteiger charge is -2.32. The van der Waals surface area contributed by atoms with Gasteiger partial charge < -0.3 is 9.84 Å². The van der Waals surface area contributed by atoms with Gasteiger partial charge in [0, 0.05) is 10.4 Å². The second kappa shape index (κ2) is 13.1. The number of ether oxygens (including phenoxy) is 1. The first-order valence-electron chi connectivity index (χ1n) is 14.6. The lowest BCUT2D eigenvalue weighted by Crippen LogP contribution is -2.39. The number of thiophene rings is 1.